The van der Waals surface area contributed by atoms with Crippen LogP contribution in [0.2, 0.25) is 0 Å². The second kappa shape index (κ2) is 5.72. The van der Waals surface area contributed by atoms with Gasteiger partial charge >= 0.3 is 0 Å². The Labute approximate surface area is 114 Å². The van der Waals surface area contributed by atoms with Gasteiger partial charge in [0.05, 0.1) is 0 Å². The predicted molar refractivity (Wildman–Crippen MR) is 75.0 cm³/mol. The highest BCUT2D eigenvalue weighted by atomic mass is 16.3. The van der Waals surface area contributed by atoms with Crippen LogP contribution in [0, 0.1) is 0 Å². The van der Waals surface area contributed by atoms with E-state index in [9.17, 15) is 4.79 Å². The number of aliphatic hydroxyl groups excluding tert-OH is 1. The molecule has 0 bridgehead atoms. The molecule has 2 rings (SSSR count). The van der Waals surface area contributed by atoms with Gasteiger partial charge in [-0.25, -0.2) is 0 Å². The molecule has 1 aliphatic carbocycles. The van der Waals surface area contributed by atoms with Crippen molar-refractivity contribution in [2.24, 2.45) is 0 Å². The summed E-state index contributed by atoms with van der Waals surface area (Å²) in [5, 5.41) is 11.7. The minimum Gasteiger partial charge on any atom is -0.396 e. The van der Waals surface area contributed by atoms with Crippen molar-refractivity contribution in [3.8, 4) is 0 Å². The number of hydrogen-bond donors (Lipinski definition) is 2. The van der Waals surface area contributed by atoms with Gasteiger partial charge in [-0.05, 0) is 31.6 Å². The maximum absolute atomic E-state index is 12.5. The van der Waals surface area contributed by atoms with Crippen LogP contribution < -0.4 is 5.32 Å². The number of benzene rings is 1. The van der Waals surface area contributed by atoms with Crippen molar-refractivity contribution in [1.82, 2.24) is 10.2 Å². The quantitative estimate of drug-likeness (QED) is 0.763. The Morgan fingerprint density at radius 2 is 1.89 bits per heavy atom. The van der Waals surface area contributed by atoms with E-state index in [1.807, 2.05) is 31.1 Å². The van der Waals surface area contributed by atoms with Crippen molar-refractivity contribution in [2.45, 2.75) is 24.8 Å². The number of nitrogens with zero attached hydrogens (tertiary/aromatic N) is 1. The van der Waals surface area contributed by atoms with Crippen LogP contribution in [0.15, 0.2) is 24.3 Å². The molecule has 104 valence electrons. The summed E-state index contributed by atoms with van der Waals surface area (Å²) in [5.41, 5.74) is 2.03. The Balaban J connectivity index is 2.16. The van der Waals surface area contributed by atoms with Gasteiger partial charge in [-0.3, -0.25) is 9.69 Å². The van der Waals surface area contributed by atoms with Crippen LogP contribution in [0.4, 0.5) is 0 Å². The third-order valence-electron chi connectivity index (χ3n) is 3.98. The third kappa shape index (κ3) is 2.65. The molecular weight excluding hydrogens is 240 g/mol. The SMILES string of the molecule is CN(C)C1(C(=O)NCCCO)Cc2ccccc2C1. The average Bonchev–Trinajstić information content (AvgIpc) is 2.79. The first-order chi connectivity index (χ1) is 9.10. The molecule has 0 spiro atoms. The molecule has 0 heterocycles. The highest BCUT2D eigenvalue weighted by Gasteiger charge is 2.45. The lowest BCUT2D eigenvalue weighted by Crippen LogP contribution is -2.57. The standard InChI is InChI=1S/C15H22N2O2/c1-17(2)15(14(19)16-8-5-9-18)10-12-6-3-4-7-13(12)11-15/h3-4,6-7,18H,5,8-11H2,1-2H3,(H,16,19). The second-order valence-electron chi connectivity index (χ2n) is 5.38. The van der Waals surface area contributed by atoms with Crippen LogP contribution in [0.1, 0.15) is 17.5 Å². The summed E-state index contributed by atoms with van der Waals surface area (Å²) < 4.78 is 0. The van der Waals surface area contributed by atoms with E-state index in [2.05, 4.69) is 17.4 Å². The molecule has 0 saturated carbocycles. The maximum Gasteiger partial charge on any atom is 0.241 e. The highest BCUT2D eigenvalue weighted by Crippen LogP contribution is 2.33. The molecule has 19 heavy (non-hydrogen) atoms. The largest absolute Gasteiger partial charge is 0.396 e. The van der Waals surface area contributed by atoms with E-state index < -0.39 is 5.54 Å². The van der Waals surface area contributed by atoms with Gasteiger partial charge in [0.15, 0.2) is 0 Å². The molecule has 1 aliphatic rings. The monoisotopic (exact) mass is 262 g/mol. The summed E-state index contributed by atoms with van der Waals surface area (Å²) in [4.78, 5) is 14.5. The first-order valence-corrected chi connectivity index (χ1v) is 6.73. The molecule has 0 unspecified atom stereocenters. The zero-order chi connectivity index (χ0) is 13.9. The van der Waals surface area contributed by atoms with Gasteiger partial charge in [0, 0.05) is 26.0 Å². The van der Waals surface area contributed by atoms with Crippen LogP contribution in [-0.2, 0) is 17.6 Å². The van der Waals surface area contributed by atoms with Crippen molar-refractivity contribution in [2.75, 3.05) is 27.2 Å². The summed E-state index contributed by atoms with van der Waals surface area (Å²) in [6.07, 6.45) is 2.10. The number of amides is 1. The topological polar surface area (TPSA) is 52.6 Å². The molecule has 0 atom stereocenters. The predicted octanol–water partition coefficient (Wildman–Crippen LogP) is 0.584. The summed E-state index contributed by atoms with van der Waals surface area (Å²) in [5.74, 6) is 0.0575. The fourth-order valence-electron chi connectivity index (χ4n) is 2.72. The Bertz CT molecular complexity index is 432. The van der Waals surface area contributed by atoms with Gasteiger partial charge in [-0.2, -0.15) is 0 Å². The van der Waals surface area contributed by atoms with E-state index in [0.29, 0.717) is 13.0 Å². The molecule has 4 nitrogen and oxygen atoms in total. The molecule has 0 radical (unpaired) electrons. The van der Waals surface area contributed by atoms with Crippen molar-refractivity contribution in [1.29, 1.82) is 0 Å². The fraction of sp³-hybridized carbons (Fsp3) is 0.533. The van der Waals surface area contributed by atoms with Gasteiger partial charge in [0.1, 0.15) is 5.54 Å². The zero-order valence-corrected chi connectivity index (χ0v) is 11.6. The van der Waals surface area contributed by atoms with E-state index in [1.54, 1.807) is 0 Å². The summed E-state index contributed by atoms with van der Waals surface area (Å²) >= 11 is 0. The van der Waals surface area contributed by atoms with Gasteiger partial charge in [-0.1, -0.05) is 24.3 Å². The number of rotatable bonds is 5. The van der Waals surface area contributed by atoms with Crippen LogP contribution in [0.25, 0.3) is 0 Å². The third-order valence-corrected chi connectivity index (χ3v) is 3.98. The van der Waals surface area contributed by atoms with Crippen LogP contribution in [0.5, 0.6) is 0 Å². The minimum absolute atomic E-state index is 0.0575. The number of aliphatic hydroxyl groups is 1. The highest BCUT2D eigenvalue weighted by molar-refractivity contribution is 5.88. The Morgan fingerprint density at radius 1 is 1.32 bits per heavy atom. The van der Waals surface area contributed by atoms with Crippen LogP contribution >= 0.6 is 0 Å². The van der Waals surface area contributed by atoms with Crippen molar-refractivity contribution < 1.29 is 9.90 Å². The maximum atomic E-state index is 12.5. The van der Waals surface area contributed by atoms with Crippen LogP contribution in [-0.4, -0.2) is 48.7 Å². The van der Waals surface area contributed by atoms with Gasteiger partial charge in [0.2, 0.25) is 5.91 Å². The van der Waals surface area contributed by atoms with Crippen molar-refractivity contribution >= 4 is 5.91 Å². The Kier molecular flexibility index (Phi) is 4.22. The number of hydrogen-bond acceptors (Lipinski definition) is 3. The lowest BCUT2D eigenvalue weighted by molar-refractivity contribution is -0.131. The van der Waals surface area contributed by atoms with Gasteiger partial charge in [0.25, 0.3) is 0 Å². The van der Waals surface area contributed by atoms with E-state index >= 15 is 0 Å². The minimum atomic E-state index is -0.487. The lowest BCUT2D eigenvalue weighted by atomic mass is 9.93. The number of carbonyl (C=O) groups is 1. The molecule has 1 aromatic carbocycles. The normalized spacial score (nSPS) is 16.4. The van der Waals surface area contributed by atoms with E-state index in [4.69, 9.17) is 5.11 Å². The van der Waals surface area contributed by atoms with E-state index in [0.717, 1.165) is 12.8 Å². The molecule has 0 fully saturated rings. The Morgan fingerprint density at radius 3 is 2.37 bits per heavy atom. The first kappa shape index (κ1) is 14.0. The molecule has 1 amide bonds. The summed E-state index contributed by atoms with van der Waals surface area (Å²) in [6.45, 7) is 0.636. The fourth-order valence-corrected chi connectivity index (χ4v) is 2.72. The smallest absolute Gasteiger partial charge is 0.241 e. The molecule has 0 aromatic heterocycles. The molecule has 4 heteroatoms. The number of nitrogens with one attached hydrogen (secondary N) is 1. The van der Waals surface area contributed by atoms with Crippen LogP contribution in [0.3, 0.4) is 0 Å². The number of likely N-dealkylation sites (N-methyl/N-ethyl adjacent to an activating group) is 1. The van der Waals surface area contributed by atoms with Gasteiger partial charge < -0.3 is 10.4 Å². The zero-order valence-electron chi connectivity index (χ0n) is 11.6. The van der Waals surface area contributed by atoms with E-state index in [1.165, 1.54) is 11.1 Å². The molecular formula is C15H22N2O2. The first-order valence-electron chi connectivity index (χ1n) is 6.73. The summed E-state index contributed by atoms with van der Waals surface area (Å²) in [6, 6.07) is 8.24. The number of carbonyl (C=O) groups excluding carboxylic acids is 1. The second-order valence-corrected chi connectivity index (χ2v) is 5.38. The Hall–Kier alpha value is -1.39. The van der Waals surface area contributed by atoms with Crippen molar-refractivity contribution in [3.05, 3.63) is 35.4 Å². The molecule has 1 aromatic rings. The molecule has 2 N–H and O–H groups in total. The van der Waals surface area contributed by atoms with Crippen molar-refractivity contribution in [3.63, 3.8) is 0 Å². The average molecular weight is 262 g/mol. The lowest BCUT2D eigenvalue weighted by Gasteiger charge is -2.34. The number of fused-ring (bicyclic) bond motifs is 1. The molecule has 0 saturated heterocycles. The molecule has 0 aliphatic heterocycles. The summed E-state index contributed by atoms with van der Waals surface area (Å²) in [7, 11) is 3.91. The van der Waals surface area contributed by atoms with E-state index in [-0.39, 0.29) is 12.5 Å². The van der Waals surface area contributed by atoms with Gasteiger partial charge in [-0.15, -0.1) is 0 Å².